The molecule has 2 aromatic heterocycles. The van der Waals surface area contributed by atoms with E-state index in [-0.39, 0.29) is 16.9 Å². The number of amides is 1. The fourth-order valence-corrected chi connectivity index (χ4v) is 5.49. The molecule has 1 fully saturated rings. The van der Waals surface area contributed by atoms with Crippen LogP contribution in [0.4, 0.5) is 0 Å². The van der Waals surface area contributed by atoms with Crippen molar-refractivity contribution >= 4 is 39.4 Å². The molecule has 1 unspecified atom stereocenters. The maximum Gasteiger partial charge on any atom is 0.235 e. The van der Waals surface area contributed by atoms with Gasteiger partial charge in [0.15, 0.2) is 0 Å². The molecule has 0 aromatic carbocycles. The van der Waals surface area contributed by atoms with Crippen molar-refractivity contribution in [2.24, 2.45) is 0 Å². The Morgan fingerprint density at radius 2 is 1.77 bits per heavy atom. The average Bonchev–Trinajstić information content (AvgIpc) is 3.22. The molecule has 7 heteroatoms. The van der Waals surface area contributed by atoms with Crippen molar-refractivity contribution in [2.45, 2.75) is 5.25 Å². The van der Waals surface area contributed by atoms with Crippen LogP contribution >= 0.6 is 22.7 Å². The van der Waals surface area contributed by atoms with E-state index < -0.39 is 10.8 Å². The van der Waals surface area contributed by atoms with Crippen molar-refractivity contribution in [3.63, 3.8) is 0 Å². The van der Waals surface area contributed by atoms with Gasteiger partial charge in [-0.3, -0.25) is 9.00 Å². The van der Waals surface area contributed by atoms with Crippen LogP contribution < -0.4 is 0 Å². The van der Waals surface area contributed by atoms with Gasteiger partial charge in [0.1, 0.15) is 5.75 Å². The Hall–Kier alpha value is -1.02. The molecule has 0 bridgehead atoms. The Balaban J connectivity index is 1.74. The fraction of sp³-hybridized carbons (Fsp3) is 0.400. The zero-order chi connectivity index (χ0) is 15.4. The monoisotopic (exact) mass is 355 g/mol. The highest BCUT2D eigenvalue weighted by Crippen LogP contribution is 2.31. The maximum atomic E-state index is 12.8. The van der Waals surface area contributed by atoms with Gasteiger partial charge in [-0.2, -0.15) is 22.7 Å². The van der Waals surface area contributed by atoms with E-state index >= 15 is 0 Å². The van der Waals surface area contributed by atoms with Gasteiger partial charge in [0.05, 0.1) is 18.5 Å². The minimum absolute atomic E-state index is 0.0444. The number of thiophene rings is 2. The third-order valence-corrected chi connectivity index (χ3v) is 6.59. The highest BCUT2D eigenvalue weighted by Gasteiger charge is 2.26. The molecule has 1 atom stereocenters. The molecule has 3 heterocycles. The molecule has 1 aliphatic rings. The summed E-state index contributed by atoms with van der Waals surface area (Å²) in [5, 5.41) is 7.77. The van der Waals surface area contributed by atoms with Gasteiger partial charge in [0, 0.05) is 23.9 Å². The van der Waals surface area contributed by atoms with E-state index in [0.717, 1.165) is 11.1 Å². The SMILES string of the molecule is O=C(CS(=O)C(c1ccsc1)c1ccsc1)N1CCOCC1. The Labute approximate surface area is 140 Å². The lowest BCUT2D eigenvalue weighted by Gasteiger charge is -2.27. The number of ether oxygens (including phenoxy) is 1. The molecule has 118 valence electrons. The van der Waals surface area contributed by atoms with Crippen molar-refractivity contribution < 1.29 is 13.7 Å². The molecular weight excluding hydrogens is 338 g/mol. The molecule has 1 amide bonds. The molecule has 0 aliphatic carbocycles. The molecule has 0 spiro atoms. The second kappa shape index (κ2) is 7.50. The van der Waals surface area contributed by atoms with Crippen molar-refractivity contribution in [1.29, 1.82) is 0 Å². The lowest BCUT2D eigenvalue weighted by atomic mass is 10.1. The fourth-order valence-electron chi connectivity index (χ4n) is 2.45. The quantitative estimate of drug-likeness (QED) is 0.828. The second-order valence-corrected chi connectivity index (χ2v) is 8.09. The van der Waals surface area contributed by atoms with E-state index in [4.69, 9.17) is 4.74 Å². The molecule has 4 nitrogen and oxygen atoms in total. The Kier molecular flexibility index (Phi) is 5.41. The number of carbonyl (C=O) groups is 1. The molecule has 1 saturated heterocycles. The van der Waals surface area contributed by atoms with Crippen LogP contribution in [0.3, 0.4) is 0 Å². The van der Waals surface area contributed by atoms with Gasteiger partial charge in [0.25, 0.3) is 0 Å². The summed E-state index contributed by atoms with van der Waals surface area (Å²) >= 11 is 3.17. The molecule has 1 aliphatic heterocycles. The minimum Gasteiger partial charge on any atom is -0.378 e. The highest BCUT2D eigenvalue weighted by atomic mass is 32.2. The van der Waals surface area contributed by atoms with Gasteiger partial charge < -0.3 is 9.64 Å². The molecule has 0 radical (unpaired) electrons. The van der Waals surface area contributed by atoms with Crippen molar-refractivity contribution in [1.82, 2.24) is 4.90 Å². The summed E-state index contributed by atoms with van der Waals surface area (Å²) in [6.45, 7) is 2.32. The summed E-state index contributed by atoms with van der Waals surface area (Å²) in [4.78, 5) is 14.1. The molecule has 22 heavy (non-hydrogen) atoms. The van der Waals surface area contributed by atoms with Crippen LogP contribution in [0.15, 0.2) is 33.7 Å². The highest BCUT2D eigenvalue weighted by molar-refractivity contribution is 7.86. The van der Waals surface area contributed by atoms with Gasteiger partial charge >= 0.3 is 0 Å². The van der Waals surface area contributed by atoms with E-state index in [1.165, 1.54) is 0 Å². The summed E-state index contributed by atoms with van der Waals surface area (Å²) in [7, 11) is -1.27. The Bertz CT molecular complexity index is 584. The number of morpholine rings is 1. The van der Waals surface area contributed by atoms with Crippen molar-refractivity contribution in [2.75, 3.05) is 32.1 Å². The first-order valence-corrected chi connectivity index (χ1v) is 10.3. The van der Waals surface area contributed by atoms with E-state index in [1.54, 1.807) is 27.6 Å². The summed E-state index contributed by atoms with van der Waals surface area (Å²) in [5.74, 6) is 0.0215. The molecule has 0 saturated carbocycles. The summed E-state index contributed by atoms with van der Waals surface area (Å²) in [6, 6.07) is 3.98. The smallest absolute Gasteiger partial charge is 0.235 e. The molecular formula is C15H17NO3S3. The summed E-state index contributed by atoms with van der Waals surface area (Å²) in [6.07, 6.45) is 0. The van der Waals surface area contributed by atoms with E-state index in [0.29, 0.717) is 26.3 Å². The summed E-state index contributed by atoms with van der Waals surface area (Å²) in [5.41, 5.74) is 2.05. The van der Waals surface area contributed by atoms with Gasteiger partial charge in [0.2, 0.25) is 5.91 Å². The number of carbonyl (C=O) groups excluding carboxylic acids is 1. The van der Waals surface area contributed by atoms with Crippen LogP contribution in [-0.2, 0) is 20.3 Å². The average molecular weight is 356 g/mol. The normalized spacial score (nSPS) is 16.9. The van der Waals surface area contributed by atoms with Crippen molar-refractivity contribution in [3.8, 4) is 0 Å². The van der Waals surface area contributed by atoms with Gasteiger partial charge in [-0.15, -0.1) is 0 Å². The summed E-state index contributed by atoms with van der Waals surface area (Å²) < 4.78 is 18.1. The Morgan fingerprint density at radius 3 is 2.27 bits per heavy atom. The van der Waals surface area contributed by atoms with E-state index in [1.807, 2.05) is 33.7 Å². The first kappa shape index (κ1) is 15.9. The molecule has 3 rings (SSSR count). The largest absolute Gasteiger partial charge is 0.378 e. The van der Waals surface area contributed by atoms with E-state index in [2.05, 4.69) is 0 Å². The first-order valence-electron chi connectivity index (χ1n) is 7.02. The van der Waals surface area contributed by atoms with Crippen molar-refractivity contribution in [3.05, 3.63) is 44.8 Å². The molecule has 2 aromatic rings. The van der Waals surface area contributed by atoms with Crippen LogP contribution in [0.25, 0.3) is 0 Å². The maximum absolute atomic E-state index is 12.8. The number of hydrogen-bond acceptors (Lipinski definition) is 5. The van der Waals surface area contributed by atoms with Crippen LogP contribution in [-0.4, -0.2) is 47.1 Å². The molecule has 0 N–H and O–H groups in total. The van der Waals surface area contributed by atoms with Crippen LogP contribution in [0.2, 0.25) is 0 Å². The van der Waals surface area contributed by atoms with Crippen LogP contribution in [0.5, 0.6) is 0 Å². The van der Waals surface area contributed by atoms with Gasteiger partial charge in [-0.05, 0) is 44.8 Å². The van der Waals surface area contributed by atoms with Crippen LogP contribution in [0, 0.1) is 0 Å². The number of rotatable bonds is 5. The topological polar surface area (TPSA) is 46.6 Å². The number of hydrogen-bond donors (Lipinski definition) is 0. The second-order valence-electron chi connectivity index (χ2n) is 5.01. The zero-order valence-corrected chi connectivity index (χ0v) is 14.4. The van der Waals surface area contributed by atoms with E-state index in [9.17, 15) is 9.00 Å². The Morgan fingerprint density at radius 1 is 1.18 bits per heavy atom. The lowest BCUT2D eigenvalue weighted by molar-refractivity contribution is -0.132. The predicted octanol–water partition coefficient (Wildman–Crippen LogP) is 2.51. The minimum atomic E-state index is -1.27. The first-order chi connectivity index (χ1) is 10.8. The number of nitrogens with zero attached hydrogens (tertiary/aromatic N) is 1. The van der Waals surface area contributed by atoms with Gasteiger partial charge in [-0.1, -0.05) is 0 Å². The standard InChI is InChI=1S/C15H17NO3S3/c17-14(16-3-5-19-6-4-16)11-22(18)15(12-1-7-20-9-12)13-2-8-21-10-13/h1-2,7-10,15H,3-6,11H2. The third kappa shape index (κ3) is 3.65. The van der Waals surface area contributed by atoms with Gasteiger partial charge in [-0.25, -0.2) is 0 Å². The zero-order valence-electron chi connectivity index (χ0n) is 12.0. The van der Waals surface area contributed by atoms with Crippen LogP contribution in [0.1, 0.15) is 16.4 Å². The predicted molar refractivity (Wildman–Crippen MR) is 90.9 cm³/mol. The third-order valence-electron chi connectivity index (χ3n) is 3.58. The lowest BCUT2D eigenvalue weighted by Crippen LogP contribution is -2.43.